The Morgan fingerprint density at radius 3 is 2.95 bits per heavy atom. The fraction of sp³-hybridized carbons (Fsp3) is 0.353. The molecule has 1 aromatic carbocycles. The maximum Gasteiger partial charge on any atom is 0.285 e. The molecule has 3 rings (SSSR count). The van der Waals surface area contributed by atoms with Crippen molar-refractivity contribution in [2.75, 3.05) is 4.90 Å². The van der Waals surface area contributed by atoms with Crippen LogP contribution in [0.1, 0.15) is 25.2 Å². The summed E-state index contributed by atoms with van der Waals surface area (Å²) in [6.45, 7) is 4.75. The van der Waals surface area contributed by atoms with Crippen molar-refractivity contribution in [1.82, 2.24) is 0 Å². The SMILES string of the molecule is C[C@@H]1Cc2ccccc2N1C(=O)[C@@H](C)[NH2+]Cc1ccco1. The predicted octanol–water partition coefficient (Wildman–Crippen LogP) is 1.71. The van der Waals surface area contributed by atoms with Gasteiger partial charge in [-0.3, -0.25) is 4.79 Å². The summed E-state index contributed by atoms with van der Waals surface area (Å²) >= 11 is 0. The number of quaternary nitrogens is 1. The molecule has 1 aliphatic rings. The largest absolute Gasteiger partial charge is 0.463 e. The molecule has 0 saturated carbocycles. The van der Waals surface area contributed by atoms with Crippen LogP contribution in [-0.4, -0.2) is 18.0 Å². The summed E-state index contributed by atoms with van der Waals surface area (Å²) in [6.07, 6.45) is 2.60. The number of rotatable bonds is 4. The zero-order valence-electron chi connectivity index (χ0n) is 12.5. The fourth-order valence-corrected chi connectivity index (χ4v) is 2.94. The van der Waals surface area contributed by atoms with Crippen LogP contribution in [0.3, 0.4) is 0 Å². The van der Waals surface area contributed by atoms with Gasteiger partial charge in [0.1, 0.15) is 6.54 Å². The van der Waals surface area contributed by atoms with Crippen LogP contribution in [0.4, 0.5) is 5.69 Å². The maximum absolute atomic E-state index is 12.7. The fourth-order valence-electron chi connectivity index (χ4n) is 2.94. The van der Waals surface area contributed by atoms with Gasteiger partial charge in [0.2, 0.25) is 0 Å². The van der Waals surface area contributed by atoms with Crippen molar-refractivity contribution in [3.63, 3.8) is 0 Å². The Bertz CT molecular complexity index is 621. The smallest absolute Gasteiger partial charge is 0.285 e. The van der Waals surface area contributed by atoms with Gasteiger partial charge >= 0.3 is 0 Å². The molecule has 0 aliphatic carbocycles. The molecule has 4 heteroatoms. The van der Waals surface area contributed by atoms with Crippen molar-refractivity contribution in [1.29, 1.82) is 0 Å². The molecule has 1 aromatic heterocycles. The Hall–Kier alpha value is -2.07. The van der Waals surface area contributed by atoms with E-state index in [1.165, 1.54) is 5.56 Å². The lowest BCUT2D eigenvalue weighted by atomic mass is 10.1. The van der Waals surface area contributed by atoms with Gasteiger partial charge in [0.05, 0.1) is 6.26 Å². The number of benzene rings is 1. The van der Waals surface area contributed by atoms with E-state index in [0.717, 1.165) is 17.9 Å². The molecule has 1 amide bonds. The van der Waals surface area contributed by atoms with Gasteiger partial charge in [0.25, 0.3) is 5.91 Å². The molecule has 0 saturated heterocycles. The summed E-state index contributed by atoms with van der Waals surface area (Å²) in [4.78, 5) is 14.7. The van der Waals surface area contributed by atoms with Crippen LogP contribution in [0, 0.1) is 0 Å². The van der Waals surface area contributed by atoms with Gasteiger partial charge in [-0.25, -0.2) is 0 Å². The average Bonchev–Trinajstić information content (AvgIpc) is 3.10. The summed E-state index contributed by atoms with van der Waals surface area (Å²) < 4.78 is 5.31. The molecular formula is C17H21N2O2+. The standard InChI is InChI=1S/C17H20N2O2/c1-12-10-14-6-3-4-8-16(14)19(12)17(20)13(2)18-11-15-7-5-9-21-15/h3-9,12-13,18H,10-11H2,1-2H3/p+1/t12-,13-/m1/s1. The molecule has 0 unspecified atom stereocenters. The number of carbonyl (C=O) groups excluding carboxylic acids is 1. The van der Waals surface area contributed by atoms with Gasteiger partial charge < -0.3 is 14.6 Å². The summed E-state index contributed by atoms with van der Waals surface area (Å²) in [5.74, 6) is 1.06. The quantitative estimate of drug-likeness (QED) is 0.929. The number of furan rings is 1. The molecule has 0 bridgehead atoms. The molecular weight excluding hydrogens is 264 g/mol. The van der Waals surface area contributed by atoms with Gasteiger partial charge in [-0.1, -0.05) is 18.2 Å². The number of nitrogens with zero attached hydrogens (tertiary/aromatic N) is 1. The zero-order valence-corrected chi connectivity index (χ0v) is 12.5. The van der Waals surface area contributed by atoms with Crippen LogP contribution < -0.4 is 10.2 Å². The van der Waals surface area contributed by atoms with E-state index in [-0.39, 0.29) is 18.0 Å². The molecule has 2 atom stereocenters. The number of hydrogen-bond donors (Lipinski definition) is 1. The minimum Gasteiger partial charge on any atom is -0.463 e. The van der Waals surface area contributed by atoms with E-state index in [1.54, 1.807) is 6.26 Å². The Kier molecular flexibility index (Phi) is 3.80. The topological polar surface area (TPSA) is 50.1 Å². The Morgan fingerprint density at radius 1 is 1.38 bits per heavy atom. The van der Waals surface area contributed by atoms with E-state index in [1.807, 2.05) is 47.5 Å². The Morgan fingerprint density at radius 2 is 2.19 bits per heavy atom. The first kappa shape index (κ1) is 13.9. The summed E-state index contributed by atoms with van der Waals surface area (Å²) in [5, 5.41) is 2.02. The van der Waals surface area contributed by atoms with Crippen molar-refractivity contribution >= 4 is 11.6 Å². The van der Waals surface area contributed by atoms with Gasteiger partial charge in [0.15, 0.2) is 11.8 Å². The lowest BCUT2D eigenvalue weighted by Gasteiger charge is -2.24. The highest BCUT2D eigenvalue weighted by molar-refractivity contribution is 5.98. The van der Waals surface area contributed by atoms with E-state index in [0.29, 0.717) is 6.54 Å². The number of fused-ring (bicyclic) bond motifs is 1. The molecule has 21 heavy (non-hydrogen) atoms. The second-order valence-electron chi connectivity index (χ2n) is 5.70. The second kappa shape index (κ2) is 5.74. The highest BCUT2D eigenvalue weighted by atomic mass is 16.3. The van der Waals surface area contributed by atoms with Crippen LogP contribution in [-0.2, 0) is 17.8 Å². The van der Waals surface area contributed by atoms with Crippen LogP contribution in [0.2, 0.25) is 0 Å². The van der Waals surface area contributed by atoms with Gasteiger partial charge in [-0.15, -0.1) is 0 Å². The lowest BCUT2D eigenvalue weighted by molar-refractivity contribution is -0.690. The third-order valence-electron chi connectivity index (χ3n) is 4.09. The molecule has 4 nitrogen and oxygen atoms in total. The molecule has 110 valence electrons. The lowest BCUT2D eigenvalue weighted by Crippen LogP contribution is -2.90. The summed E-state index contributed by atoms with van der Waals surface area (Å²) in [7, 11) is 0. The number of para-hydroxylation sites is 1. The van der Waals surface area contributed by atoms with E-state index >= 15 is 0 Å². The molecule has 2 aromatic rings. The average molecular weight is 285 g/mol. The third kappa shape index (κ3) is 2.72. The summed E-state index contributed by atoms with van der Waals surface area (Å²) in [6, 6.07) is 12.1. The highest BCUT2D eigenvalue weighted by Crippen LogP contribution is 2.31. The zero-order chi connectivity index (χ0) is 14.8. The monoisotopic (exact) mass is 285 g/mol. The van der Waals surface area contributed by atoms with Crippen LogP contribution in [0.15, 0.2) is 47.1 Å². The first-order chi connectivity index (χ1) is 10.2. The van der Waals surface area contributed by atoms with Crippen LogP contribution >= 0.6 is 0 Å². The third-order valence-corrected chi connectivity index (χ3v) is 4.09. The molecule has 0 spiro atoms. The van der Waals surface area contributed by atoms with Crippen LogP contribution in [0.25, 0.3) is 0 Å². The summed E-state index contributed by atoms with van der Waals surface area (Å²) in [5.41, 5.74) is 2.32. The number of anilines is 1. The molecule has 2 heterocycles. The number of amides is 1. The van der Waals surface area contributed by atoms with Gasteiger partial charge in [-0.2, -0.15) is 0 Å². The maximum atomic E-state index is 12.7. The van der Waals surface area contributed by atoms with Crippen molar-refractivity contribution < 1.29 is 14.5 Å². The highest BCUT2D eigenvalue weighted by Gasteiger charge is 2.34. The van der Waals surface area contributed by atoms with Gasteiger partial charge in [-0.05, 0) is 44.0 Å². The Labute approximate surface area is 124 Å². The first-order valence-corrected chi connectivity index (χ1v) is 7.43. The minimum atomic E-state index is -0.122. The first-order valence-electron chi connectivity index (χ1n) is 7.43. The predicted molar refractivity (Wildman–Crippen MR) is 80.9 cm³/mol. The second-order valence-corrected chi connectivity index (χ2v) is 5.70. The molecule has 0 radical (unpaired) electrons. The van der Waals surface area contributed by atoms with Crippen molar-refractivity contribution in [2.24, 2.45) is 0 Å². The Balaban J connectivity index is 1.69. The van der Waals surface area contributed by atoms with E-state index < -0.39 is 0 Å². The molecule has 0 fully saturated rings. The van der Waals surface area contributed by atoms with Crippen LogP contribution in [0.5, 0.6) is 0 Å². The normalized spacial score (nSPS) is 18.6. The van der Waals surface area contributed by atoms with Crippen molar-refractivity contribution in [3.8, 4) is 0 Å². The van der Waals surface area contributed by atoms with Crippen molar-refractivity contribution in [2.45, 2.75) is 38.9 Å². The van der Waals surface area contributed by atoms with E-state index in [4.69, 9.17) is 4.42 Å². The van der Waals surface area contributed by atoms with E-state index in [9.17, 15) is 4.79 Å². The number of hydrogen-bond acceptors (Lipinski definition) is 2. The van der Waals surface area contributed by atoms with Gasteiger partial charge in [0, 0.05) is 11.7 Å². The molecule has 1 aliphatic heterocycles. The minimum absolute atomic E-state index is 0.122. The number of nitrogens with two attached hydrogens (primary N) is 1. The molecule has 2 N–H and O–H groups in total. The van der Waals surface area contributed by atoms with E-state index in [2.05, 4.69) is 13.0 Å². The van der Waals surface area contributed by atoms with Crippen molar-refractivity contribution in [3.05, 3.63) is 54.0 Å². The number of carbonyl (C=O) groups is 1.